The van der Waals surface area contributed by atoms with Crippen LogP contribution in [-0.2, 0) is 0 Å². The van der Waals surface area contributed by atoms with E-state index >= 15 is 0 Å². The number of aliphatic hydroxyl groups is 1. The molecule has 1 unspecified atom stereocenters. The number of halogens is 3. The zero-order chi connectivity index (χ0) is 13.3. The normalized spacial score (nSPS) is 12.5. The summed E-state index contributed by atoms with van der Waals surface area (Å²) in [7, 11) is 0. The van der Waals surface area contributed by atoms with Crippen molar-refractivity contribution >= 4 is 39.1 Å². The number of rotatable bonds is 2. The minimum Gasteiger partial charge on any atom is -0.384 e. The predicted octanol–water partition coefficient (Wildman–Crippen LogP) is 5.15. The maximum Gasteiger partial charge on any atom is 0.104 e. The van der Waals surface area contributed by atoms with Crippen molar-refractivity contribution in [1.29, 1.82) is 0 Å². The van der Waals surface area contributed by atoms with Gasteiger partial charge in [-0.05, 0) is 41.8 Å². The smallest absolute Gasteiger partial charge is 0.104 e. The Balaban J connectivity index is 2.44. The Labute approximate surface area is 124 Å². The Bertz CT molecular complexity index is 584. The standard InChI is InChI=1S/C14H11BrCl2O/c1-8-10(3-2-4-11(8)15)14(18)9-5-6-12(16)13(17)7-9/h2-7,14,18H,1H3. The minimum absolute atomic E-state index is 0.445. The molecule has 0 aliphatic carbocycles. The Hall–Kier alpha value is -0.540. The summed E-state index contributed by atoms with van der Waals surface area (Å²) in [6.45, 7) is 1.96. The highest BCUT2D eigenvalue weighted by atomic mass is 79.9. The zero-order valence-electron chi connectivity index (χ0n) is 9.62. The van der Waals surface area contributed by atoms with E-state index in [-0.39, 0.29) is 0 Å². The monoisotopic (exact) mass is 344 g/mol. The van der Waals surface area contributed by atoms with E-state index in [0.29, 0.717) is 10.0 Å². The zero-order valence-corrected chi connectivity index (χ0v) is 12.7. The van der Waals surface area contributed by atoms with E-state index in [2.05, 4.69) is 15.9 Å². The van der Waals surface area contributed by atoms with Crippen LogP contribution in [0.4, 0.5) is 0 Å². The topological polar surface area (TPSA) is 20.2 Å². The van der Waals surface area contributed by atoms with Gasteiger partial charge in [0.25, 0.3) is 0 Å². The molecular weight excluding hydrogens is 335 g/mol. The summed E-state index contributed by atoms with van der Waals surface area (Å²) in [6, 6.07) is 10.9. The summed E-state index contributed by atoms with van der Waals surface area (Å²) in [5.41, 5.74) is 2.59. The fourth-order valence-electron chi connectivity index (χ4n) is 1.78. The van der Waals surface area contributed by atoms with Gasteiger partial charge >= 0.3 is 0 Å². The summed E-state index contributed by atoms with van der Waals surface area (Å²) in [5, 5.41) is 11.3. The minimum atomic E-state index is -0.711. The molecule has 2 aromatic carbocycles. The number of hydrogen-bond donors (Lipinski definition) is 1. The molecule has 2 aromatic rings. The molecule has 18 heavy (non-hydrogen) atoms. The lowest BCUT2D eigenvalue weighted by Crippen LogP contribution is -2.02. The number of hydrogen-bond acceptors (Lipinski definition) is 1. The molecule has 1 N–H and O–H groups in total. The van der Waals surface area contributed by atoms with Gasteiger partial charge in [0.2, 0.25) is 0 Å². The van der Waals surface area contributed by atoms with E-state index in [1.54, 1.807) is 18.2 Å². The van der Waals surface area contributed by atoms with Crippen LogP contribution in [0.5, 0.6) is 0 Å². The van der Waals surface area contributed by atoms with E-state index in [1.165, 1.54) is 0 Å². The fourth-order valence-corrected chi connectivity index (χ4v) is 2.47. The summed E-state index contributed by atoms with van der Waals surface area (Å²) in [4.78, 5) is 0. The van der Waals surface area contributed by atoms with Gasteiger partial charge in [-0.2, -0.15) is 0 Å². The summed E-state index contributed by atoms with van der Waals surface area (Å²) < 4.78 is 0.971. The van der Waals surface area contributed by atoms with E-state index in [9.17, 15) is 5.11 Å². The molecule has 1 atom stereocenters. The van der Waals surface area contributed by atoms with Crippen molar-refractivity contribution in [2.45, 2.75) is 13.0 Å². The van der Waals surface area contributed by atoms with Crippen molar-refractivity contribution in [3.63, 3.8) is 0 Å². The molecule has 0 aliphatic rings. The molecule has 0 saturated heterocycles. The van der Waals surface area contributed by atoms with Gasteiger partial charge in [0, 0.05) is 4.47 Å². The quantitative estimate of drug-likeness (QED) is 0.798. The largest absolute Gasteiger partial charge is 0.384 e. The predicted molar refractivity (Wildman–Crippen MR) is 79.4 cm³/mol. The van der Waals surface area contributed by atoms with Gasteiger partial charge in [0.1, 0.15) is 6.10 Å². The van der Waals surface area contributed by atoms with Crippen LogP contribution in [0.2, 0.25) is 10.0 Å². The van der Waals surface area contributed by atoms with Crippen LogP contribution in [0, 0.1) is 6.92 Å². The van der Waals surface area contributed by atoms with E-state index in [0.717, 1.165) is 21.2 Å². The molecule has 0 aromatic heterocycles. The lowest BCUT2D eigenvalue weighted by atomic mass is 9.98. The molecule has 0 saturated carbocycles. The van der Waals surface area contributed by atoms with Crippen LogP contribution in [0.15, 0.2) is 40.9 Å². The Morgan fingerprint density at radius 2 is 1.83 bits per heavy atom. The van der Waals surface area contributed by atoms with Crippen molar-refractivity contribution in [3.8, 4) is 0 Å². The first-order valence-corrected chi connectivity index (χ1v) is 6.93. The van der Waals surface area contributed by atoms with Crippen molar-refractivity contribution in [2.75, 3.05) is 0 Å². The molecule has 4 heteroatoms. The molecule has 0 heterocycles. The SMILES string of the molecule is Cc1c(Br)cccc1C(O)c1ccc(Cl)c(Cl)c1. The average Bonchev–Trinajstić information content (AvgIpc) is 2.35. The highest BCUT2D eigenvalue weighted by Crippen LogP contribution is 2.32. The summed E-state index contributed by atoms with van der Waals surface area (Å²) in [5.74, 6) is 0. The van der Waals surface area contributed by atoms with Crippen LogP contribution < -0.4 is 0 Å². The average molecular weight is 346 g/mol. The highest BCUT2D eigenvalue weighted by Gasteiger charge is 2.15. The molecule has 94 valence electrons. The maximum absolute atomic E-state index is 10.4. The van der Waals surface area contributed by atoms with E-state index in [1.807, 2.05) is 25.1 Å². The van der Waals surface area contributed by atoms with Gasteiger partial charge in [-0.1, -0.05) is 57.3 Å². The van der Waals surface area contributed by atoms with Crippen molar-refractivity contribution < 1.29 is 5.11 Å². The van der Waals surface area contributed by atoms with Gasteiger partial charge in [0.05, 0.1) is 10.0 Å². The van der Waals surface area contributed by atoms with Crippen LogP contribution in [-0.4, -0.2) is 5.11 Å². The van der Waals surface area contributed by atoms with Gasteiger partial charge < -0.3 is 5.11 Å². The molecule has 2 rings (SSSR count). The Kier molecular flexibility index (Phi) is 4.33. The first-order valence-electron chi connectivity index (χ1n) is 5.38. The third-order valence-corrected chi connectivity index (χ3v) is 4.46. The molecule has 0 bridgehead atoms. The van der Waals surface area contributed by atoms with E-state index in [4.69, 9.17) is 23.2 Å². The number of benzene rings is 2. The van der Waals surface area contributed by atoms with E-state index < -0.39 is 6.10 Å². The van der Waals surface area contributed by atoms with Crippen LogP contribution in [0.1, 0.15) is 22.8 Å². The maximum atomic E-state index is 10.4. The summed E-state index contributed by atoms with van der Waals surface area (Å²) in [6.07, 6.45) is -0.711. The second kappa shape index (κ2) is 5.62. The molecular formula is C14H11BrCl2O. The molecule has 0 fully saturated rings. The van der Waals surface area contributed by atoms with Crippen LogP contribution in [0.25, 0.3) is 0 Å². The molecule has 0 amide bonds. The van der Waals surface area contributed by atoms with Crippen LogP contribution in [0.3, 0.4) is 0 Å². The molecule has 1 nitrogen and oxygen atoms in total. The first kappa shape index (κ1) is 13.9. The second-order valence-electron chi connectivity index (χ2n) is 4.03. The van der Waals surface area contributed by atoms with Crippen molar-refractivity contribution in [1.82, 2.24) is 0 Å². The molecule has 0 aliphatic heterocycles. The fraction of sp³-hybridized carbons (Fsp3) is 0.143. The van der Waals surface area contributed by atoms with Crippen molar-refractivity contribution in [2.24, 2.45) is 0 Å². The first-order chi connectivity index (χ1) is 8.50. The Morgan fingerprint density at radius 1 is 1.11 bits per heavy atom. The van der Waals surface area contributed by atoms with Gasteiger partial charge in [-0.15, -0.1) is 0 Å². The van der Waals surface area contributed by atoms with Crippen LogP contribution >= 0.6 is 39.1 Å². The van der Waals surface area contributed by atoms with Gasteiger partial charge in [-0.25, -0.2) is 0 Å². The van der Waals surface area contributed by atoms with Crippen molar-refractivity contribution in [3.05, 3.63) is 67.6 Å². The molecule has 0 radical (unpaired) electrons. The second-order valence-corrected chi connectivity index (χ2v) is 5.70. The lowest BCUT2D eigenvalue weighted by Gasteiger charge is -2.15. The molecule has 0 spiro atoms. The lowest BCUT2D eigenvalue weighted by molar-refractivity contribution is 0.219. The third kappa shape index (κ3) is 2.72. The highest BCUT2D eigenvalue weighted by molar-refractivity contribution is 9.10. The van der Waals surface area contributed by atoms with Gasteiger partial charge in [-0.3, -0.25) is 0 Å². The van der Waals surface area contributed by atoms with Gasteiger partial charge in [0.15, 0.2) is 0 Å². The summed E-state index contributed by atoms with van der Waals surface area (Å²) >= 11 is 15.3. The Morgan fingerprint density at radius 3 is 2.50 bits per heavy atom. The third-order valence-electron chi connectivity index (χ3n) is 2.86. The number of aliphatic hydroxyl groups excluding tert-OH is 1.